The minimum atomic E-state index is -0.526. The topological polar surface area (TPSA) is 96.0 Å². The van der Waals surface area contributed by atoms with Crippen LogP contribution < -0.4 is 16.0 Å². The summed E-state index contributed by atoms with van der Waals surface area (Å²) in [4.78, 5) is 34.4. The third kappa shape index (κ3) is 3.91. The fraction of sp³-hybridized carbons (Fsp3) is 0.333. The molecule has 3 N–H and O–H groups in total. The Morgan fingerprint density at radius 2 is 2.15 bits per heavy atom. The lowest BCUT2D eigenvalue weighted by atomic mass is 9.96. The molecule has 7 nitrogen and oxygen atoms in total. The molecule has 136 valence electrons. The quantitative estimate of drug-likeness (QED) is 0.750. The smallest absolute Gasteiger partial charge is 0.319 e. The van der Waals surface area contributed by atoms with E-state index >= 15 is 0 Å². The fourth-order valence-electron chi connectivity index (χ4n) is 2.82. The predicted octanol–water partition coefficient (Wildman–Crippen LogP) is 2.14. The summed E-state index contributed by atoms with van der Waals surface area (Å²) < 4.78 is 0. The fourth-order valence-corrected chi connectivity index (χ4v) is 3.75. The lowest BCUT2D eigenvalue weighted by Crippen LogP contribution is -2.47. The second-order valence-corrected chi connectivity index (χ2v) is 7.40. The summed E-state index contributed by atoms with van der Waals surface area (Å²) >= 11 is 1.65. The van der Waals surface area contributed by atoms with E-state index in [1.54, 1.807) is 36.7 Å². The monoisotopic (exact) mass is 371 g/mol. The molecule has 1 aliphatic heterocycles. The number of rotatable bonds is 5. The lowest BCUT2D eigenvalue weighted by Gasteiger charge is -2.28. The van der Waals surface area contributed by atoms with Crippen molar-refractivity contribution in [2.75, 3.05) is 6.54 Å². The molecule has 1 aliphatic rings. The van der Waals surface area contributed by atoms with Gasteiger partial charge in [-0.3, -0.25) is 9.78 Å². The summed E-state index contributed by atoms with van der Waals surface area (Å²) in [6.45, 7) is 6.23. The van der Waals surface area contributed by atoms with Crippen molar-refractivity contribution < 1.29 is 9.59 Å². The molecule has 0 bridgehead atoms. The van der Waals surface area contributed by atoms with Crippen molar-refractivity contribution in [1.29, 1.82) is 0 Å². The maximum atomic E-state index is 12.8. The average Bonchev–Trinajstić information content (AvgIpc) is 2.92. The maximum Gasteiger partial charge on any atom is 0.319 e. The SMILES string of the molecule is CC1=C(C(=O)NCCc2nc(C)c(C)s2)[C@H](c2cccnc2)NC(=O)N1. The van der Waals surface area contributed by atoms with E-state index in [-0.39, 0.29) is 11.9 Å². The molecule has 8 heteroatoms. The van der Waals surface area contributed by atoms with Crippen molar-refractivity contribution in [2.45, 2.75) is 33.2 Å². The van der Waals surface area contributed by atoms with Crippen LogP contribution in [0.3, 0.4) is 0 Å². The predicted molar refractivity (Wildman–Crippen MR) is 99.6 cm³/mol. The van der Waals surface area contributed by atoms with Crippen LogP contribution >= 0.6 is 11.3 Å². The Hall–Kier alpha value is -2.74. The van der Waals surface area contributed by atoms with E-state index < -0.39 is 6.04 Å². The number of nitrogens with one attached hydrogen (secondary N) is 3. The molecule has 0 aliphatic carbocycles. The molecule has 26 heavy (non-hydrogen) atoms. The summed E-state index contributed by atoms with van der Waals surface area (Å²) in [6.07, 6.45) is 3.98. The maximum absolute atomic E-state index is 12.8. The van der Waals surface area contributed by atoms with E-state index in [4.69, 9.17) is 0 Å². The van der Waals surface area contributed by atoms with E-state index in [0.29, 0.717) is 24.2 Å². The summed E-state index contributed by atoms with van der Waals surface area (Å²) in [6, 6.07) is 2.76. The van der Waals surface area contributed by atoms with E-state index in [2.05, 4.69) is 25.9 Å². The molecule has 0 spiro atoms. The van der Waals surface area contributed by atoms with E-state index in [1.165, 1.54) is 4.88 Å². The van der Waals surface area contributed by atoms with Gasteiger partial charge >= 0.3 is 6.03 Å². The Morgan fingerprint density at radius 1 is 1.35 bits per heavy atom. The second-order valence-electron chi connectivity index (χ2n) is 6.11. The molecule has 0 fully saturated rings. The van der Waals surface area contributed by atoms with Crippen molar-refractivity contribution in [3.05, 3.63) is 56.9 Å². The van der Waals surface area contributed by atoms with Gasteiger partial charge in [0, 0.05) is 35.9 Å². The van der Waals surface area contributed by atoms with Gasteiger partial charge in [0.05, 0.1) is 22.3 Å². The Labute approximate surface area is 155 Å². The molecule has 3 amide bonds. The number of allylic oxidation sites excluding steroid dienone is 1. The molecule has 0 saturated carbocycles. The molecule has 2 aromatic rings. The van der Waals surface area contributed by atoms with Crippen LogP contribution in [0.2, 0.25) is 0 Å². The number of nitrogens with zero attached hydrogens (tertiary/aromatic N) is 2. The minimum absolute atomic E-state index is 0.214. The summed E-state index contributed by atoms with van der Waals surface area (Å²) in [5.74, 6) is -0.214. The highest BCUT2D eigenvalue weighted by Gasteiger charge is 2.31. The Kier molecular flexibility index (Phi) is 5.32. The second kappa shape index (κ2) is 7.65. The molecule has 0 saturated heterocycles. The van der Waals surface area contributed by atoms with Gasteiger partial charge in [-0.15, -0.1) is 11.3 Å². The van der Waals surface area contributed by atoms with Crippen LogP contribution in [0.15, 0.2) is 35.8 Å². The molecule has 0 unspecified atom stereocenters. The number of amides is 3. The van der Waals surface area contributed by atoms with Gasteiger partial charge in [-0.05, 0) is 32.4 Å². The van der Waals surface area contributed by atoms with Crippen LogP contribution in [0.1, 0.15) is 34.1 Å². The number of urea groups is 1. The summed E-state index contributed by atoms with van der Waals surface area (Å²) in [5.41, 5.74) is 2.83. The van der Waals surface area contributed by atoms with Gasteiger partial charge in [-0.2, -0.15) is 0 Å². The zero-order chi connectivity index (χ0) is 18.7. The first kappa shape index (κ1) is 18.1. The van der Waals surface area contributed by atoms with Gasteiger partial charge in [0.2, 0.25) is 0 Å². The van der Waals surface area contributed by atoms with Gasteiger partial charge in [-0.1, -0.05) is 6.07 Å². The largest absolute Gasteiger partial charge is 0.352 e. The highest BCUT2D eigenvalue weighted by atomic mass is 32.1. The minimum Gasteiger partial charge on any atom is -0.352 e. The molecule has 3 rings (SSSR count). The van der Waals surface area contributed by atoms with E-state index in [9.17, 15) is 9.59 Å². The van der Waals surface area contributed by atoms with E-state index in [0.717, 1.165) is 16.3 Å². The van der Waals surface area contributed by atoms with Crippen molar-refractivity contribution in [3.8, 4) is 0 Å². The van der Waals surface area contributed by atoms with Gasteiger partial charge < -0.3 is 16.0 Å². The Morgan fingerprint density at radius 3 is 2.81 bits per heavy atom. The first-order chi connectivity index (χ1) is 12.5. The highest BCUT2D eigenvalue weighted by molar-refractivity contribution is 7.11. The van der Waals surface area contributed by atoms with Gasteiger partial charge in [0.1, 0.15) is 0 Å². The van der Waals surface area contributed by atoms with Crippen LogP contribution in [-0.2, 0) is 11.2 Å². The number of carbonyl (C=O) groups excluding carboxylic acids is 2. The standard InChI is InChI=1S/C18H21N5O2S/c1-10-12(3)26-14(21-10)6-8-20-17(24)15-11(2)22-18(25)23-16(15)13-5-4-7-19-9-13/h4-5,7,9,16H,6,8H2,1-3H3,(H,20,24)(H2,22,23,25)/t16-/m0/s1. The van der Waals surface area contributed by atoms with Crippen molar-refractivity contribution in [1.82, 2.24) is 25.9 Å². The molecule has 1 atom stereocenters. The zero-order valence-corrected chi connectivity index (χ0v) is 15.7. The molecular formula is C18H21N5O2S. The van der Waals surface area contributed by atoms with Gasteiger partial charge in [0.15, 0.2) is 0 Å². The number of thiazole rings is 1. The number of hydrogen-bond donors (Lipinski definition) is 3. The van der Waals surface area contributed by atoms with Gasteiger partial charge in [0.25, 0.3) is 5.91 Å². The number of carbonyl (C=O) groups is 2. The Balaban J connectivity index is 1.72. The third-order valence-electron chi connectivity index (χ3n) is 4.23. The molecule has 3 heterocycles. The van der Waals surface area contributed by atoms with Crippen molar-refractivity contribution >= 4 is 23.3 Å². The lowest BCUT2D eigenvalue weighted by molar-refractivity contribution is -0.117. The van der Waals surface area contributed by atoms with Crippen LogP contribution in [0, 0.1) is 13.8 Å². The highest BCUT2D eigenvalue weighted by Crippen LogP contribution is 2.26. The van der Waals surface area contributed by atoms with Gasteiger partial charge in [-0.25, -0.2) is 9.78 Å². The summed E-state index contributed by atoms with van der Waals surface area (Å²) in [7, 11) is 0. The third-order valence-corrected chi connectivity index (χ3v) is 5.36. The number of pyridine rings is 1. The van der Waals surface area contributed by atoms with Crippen LogP contribution in [0.4, 0.5) is 4.79 Å². The van der Waals surface area contributed by atoms with Crippen LogP contribution in [0.5, 0.6) is 0 Å². The number of hydrogen-bond acceptors (Lipinski definition) is 5. The number of aryl methyl sites for hydroxylation is 2. The molecule has 0 aromatic carbocycles. The van der Waals surface area contributed by atoms with E-state index in [1.807, 2.05) is 19.9 Å². The van der Waals surface area contributed by atoms with Crippen LogP contribution in [0.25, 0.3) is 0 Å². The van der Waals surface area contributed by atoms with Crippen molar-refractivity contribution in [2.24, 2.45) is 0 Å². The van der Waals surface area contributed by atoms with Crippen molar-refractivity contribution in [3.63, 3.8) is 0 Å². The first-order valence-corrected chi connectivity index (χ1v) is 9.16. The average molecular weight is 371 g/mol. The zero-order valence-electron chi connectivity index (χ0n) is 14.9. The Bertz CT molecular complexity index is 840. The molecule has 0 radical (unpaired) electrons. The first-order valence-electron chi connectivity index (χ1n) is 8.35. The number of aromatic nitrogens is 2. The normalized spacial score (nSPS) is 16.9. The summed E-state index contributed by atoms with van der Waals surface area (Å²) in [5, 5.41) is 9.40. The molecule has 2 aromatic heterocycles. The molecular weight excluding hydrogens is 350 g/mol. The van der Waals surface area contributed by atoms with Crippen LogP contribution in [-0.4, -0.2) is 28.5 Å².